The van der Waals surface area contributed by atoms with Gasteiger partial charge in [-0.15, -0.1) is 0 Å². The van der Waals surface area contributed by atoms with Crippen LogP contribution in [0.4, 0.5) is 4.39 Å². The van der Waals surface area contributed by atoms with Gasteiger partial charge in [-0.1, -0.05) is 12.8 Å². The smallest absolute Gasteiger partial charge is 0.239 e. The molecular weight excluding hydrogens is 281 g/mol. The van der Waals surface area contributed by atoms with Crippen molar-refractivity contribution in [3.8, 4) is 0 Å². The molecule has 1 heterocycles. The molecule has 0 aliphatic heterocycles. The lowest BCUT2D eigenvalue weighted by Gasteiger charge is -2.29. The third-order valence-electron chi connectivity index (χ3n) is 4.36. The molecule has 2 N–H and O–H groups in total. The van der Waals surface area contributed by atoms with Crippen molar-refractivity contribution >= 4 is 5.91 Å². The van der Waals surface area contributed by atoms with E-state index in [1.165, 1.54) is 37.9 Å². The molecule has 1 aromatic rings. The molecule has 1 aliphatic rings. The quantitative estimate of drug-likeness (QED) is 0.849. The second-order valence-electron chi connectivity index (χ2n) is 6.75. The van der Waals surface area contributed by atoms with Crippen molar-refractivity contribution in [3.05, 3.63) is 29.8 Å². The Bertz CT molecular complexity index is 495. The summed E-state index contributed by atoms with van der Waals surface area (Å²) >= 11 is 0. The highest BCUT2D eigenvalue weighted by molar-refractivity contribution is 5.85. The summed E-state index contributed by atoms with van der Waals surface area (Å²) in [5, 5.41) is 6.32. The van der Waals surface area contributed by atoms with Crippen molar-refractivity contribution in [1.82, 2.24) is 15.6 Å². The SMILES string of the molecule is CC(NC(C)(C)C(=O)NCC1CCCC1)c1ccc(F)cn1. The van der Waals surface area contributed by atoms with Crippen molar-refractivity contribution < 1.29 is 9.18 Å². The van der Waals surface area contributed by atoms with Gasteiger partial charge in [-0.3, -0.25) is 15.1 Å². The van der Waals surface area contributed by atoms with Gasteiger partial charge in [0.15, 0.2) is 0 Å². The minimum atomic E-state index is -0.700. The van der Waals surface area contributed by atoms with E-state index in [9.17, 15) is 9.18 Å². The van der Waals surface area contributed by atoms with E-state index in [1.54, 1.807) is 6.07 Å². The van der Waals surface area contributed by atoms with Gasteiger partial charge in [-0.25, -0.2) is 4.39 Å². The molecule has 1 aromatic heterocycles. The molecule has 0 radical (unpaired) electrons. The Morgan fingerprint density at radius 1 is 1.41 bits per heavy atom. The fourth-order valence-electron chi connectivity index (χ4n) is 3.00. The summed E-state index contributed by atoms with van der Waals surface area (Å²) < 4.78 is 12.9. The van der Waals surface area contributed by atoms with Gasteiger partial charge in [0, 0.05) is 12.6 Å². The lowest BCUT2D eigenvalue weighted by Crippen LogP contribution is -2.54. The highest BCUT2D eigenvalue weighted by Crippen LogP contribution is 2.24. The van der Waals surface area contributed by atoms with Crippen molar-refractivity contribution in [2.24, 2.45) is 5.92 Å². The second-order valence-corrected chi connectivity index (χ2v) is 6.75. The molecule has 1 fully saturated rings. The maximum atomic E-state index is 12.9. The molecule has 1 aliphatic carbocycles. The molecular formula is C17H26FN3O. The maximum Gasteiger partial charge on any atom is 0.239 e. The monoisotopic (exact) mass is 307 g/mol. The summed E-state index contributed by atoms with van der Waals surface area (Å²) in [5.41, 5.74) is 0.0201. The number of hydrogen-bond acceptors (Lipinski definition) is 3. The lowest BCUT2D eigenvalue weighted by atomic mass is 10.0. The molecule has 122 valence electrons. The van der Waals surface area contributed by atoms with E-state index in [2.05, 4.69) is 15.6 Å². The van der Waals surface area contributed by atoms with Gasteiger partial charge in [-0.05, 0) is 51.7 Å². The van der Waals surface area contributed by atoms with E-state index < -0.39 is 5.54 Å². The van der Waals surface area contributed by atoms with Gasteiger partial charge in [0.1, 0.15) is 5.82 Å². The van der Waals surface area contributed by atoms with Gasteiger partial charge in [0.2, 0.25) is 5.91 Å². The summed E-state index contributed by atoms with van der Waals surface area (Å²) in [6.45, 7) is 6.40. The molecule has 1 amide bonds. The number of carbonyl (C=O) groups is 1. The van der Waals surface area contributed by atoms with Crippen molar-refractivity contribution in [3.63, 3.8) is 0 Å². The number of halogens is 1. The van der Waals surface area contributed by atoms with Crippen LogP contribution in [0.1, 0.15) is 58.2 Å². The predicted molar refractivity (Wildman–Crippen MR) is 84.8 cm³/mol. The lowest BCUT2D eigenvalue weighted by molar-refractivity contribution is -0.126. The molecule has 4 nitrogen and oxygen atoms in total. The van der Waals surface area contributed by atoms with Crippen LogP contribution < -0.4 is 10.6 Å². The van der Waals surface area contributed by atoms with Crippen LogP contribution in [0.25, 0.3) is 0 Å². The first-order chi connectivity index (χ1) is 10.4. The second kappa shape index (κ2) is 7.18. The molecule has 0 saturated heterocycles. The summed E-state index contributed by atoms with van der Waals surface area (Å²) in [6, 6.07) is 2.89. The Morgan fingerprint density at radius 2 is 2.09 bits per heavy atom. The first-order valence-corrected chi connectivity index (χ1v) is 8.06. The van der Waals surface area contributed by atoms with Crippen LogP contribution >= 0.6 is 0 Å². The van der Waals surface area contributed by atoms with Crippen LogP contribution in [0.3, 0.4) is 0 Å². The highest BCUT2D eigenvalue weighted by Gasteiger charge is 2.30. The molecule has 2 rings (SSSR count). The van der Waals surface area contributed by atoms with E-state index in [1.807, 2.05) is 20.8 Å². The standard InChI is InChI=1S/C17H26FN3O/c1-12(15-9-8-14(18)11-19-15)21-17(2,3)16(22)20-10-13-6-4-5-7-13/h8-9,11-13,21H,4-7,10H2,1-3H3,(H,20,22). The molecule has 1 saturated carbocycles. The minimum Gasteiger partial charge on any atom is -0.354 e. The molecule has 0 spiro atoms. The van der Waals surface area contributed by atoms with Crippen molar-refractivity contribution in [2.75, 3.05) is 6.54 Å². The van der Waals surface area contributed by atoms with Gasteiger partial charge < -0.3 is 5.32 Å². The van der Waals surface area contributed by atoms with Crippen LogP contribution in [0.15, 0.2) is 18.3 Å². The average molecular weight is 307 g/mol. The van der Waals surface area contributed by atoms with E-state index in [0.717, 1.165) is 12.2 Å². The summed E-state index contributed by atoms with van der Waals surface area (Å²) in [6.07, 6.45) is 6.17. The summed E-state index contributed by atoms with van der Waals surface area (Å²) in [4.78, 5) is 16.4. The predicted octanol–water partition coefficient (Wildman–Crippen LogP) is 2.96. The molecule has 0 aromatic carbocycles. The average Bonchev–Trinajstić information content (AvgIpc) is 2.98. The third-order valence-corrected chi connectivity index (χ3v) is 4.36. The number of nitrogens with zero attached hydrogens (tertiary/aromatic N) is 1. The maximum absolute atomic E-state index is 12.9. The Morgan fingerprint density at radius 3 is 2.68 bits per heavy atom. The zero-order valence-electron chi connectivity index (χ0n) is 13.7. The van der Waals surface area contributed by atoms with E-state index in [0.29, 0.717) is 5.92 Å². The topological polar surface area (TPSA) is 54.0 Å². The van der Waals surface area contributed by atoms with Crippen LogP contribution in [-0.2, 0) is 4.79 Å². The molecule has 5 heteroatoms. The van der Waals surface area contributed by atoms with Crippen molar-refractivity contribution in [1.29, 1.82) is 0 Å². The number of amides is 1. The fourth-order valence-corrected chi connectivity index (χ4v) is 3.00. The first kappa shape index (κ1) is 16.9. The minimum absolute atomic E-state index is 0.00615. The number of pyridine rings is 1. The largest absolute Gasteiger partial charge is 0.354 e. The van der Waals surface area contributed by atoms with E-state index in [-0.39, 0.29) is 17.8 Å². The Balaban J connectivity index is 1.87. The van der Waals surface area contributed by atoms with Crippen LogP contribution in [0, 0.1) is 11.7 Å². The number of aromatic nitrogens is 1. The highest BCUT2D eigenvalue weighted by atomic mass is 19.1. The Labute approximate surface area is 131 Å². The number of nitrogens with one attached hydrogen (secondary N) is 2. The first-order valence-electron chi connectivity index (χ1n) is 8.06. The van der Waals surface area contributed by atoms with Gasteiger partial charge in [0.05, 0.1) is 17.4 Å². The number of carbonyl (C=O) groups excluding carboxylic acids is 1. The Kier molecular flexibility index (Phi) is 5.51. The Hall–Kier alpha value is -1.49. The molecule has 0 bridgehead atoms. The zero-order chi connectivity index (χ0) is 16.2. The molecule has 1 unspecified atom stereocenters. The van der Waals surface area contributed by atoms with E-state index >= 15 is 0 Å². The number of rotatable bonds is 6. The van der Waals surface area contributed by atoms with E-state index in [4.69, 9.17) is 0 Å². The molecule has 22 heavy (non-hydrogen) atoms. The summed E-state index contributed by atoms with van der Waals surface area (Å²) in [7, 11) is 0. The summed E-state index contributed by atoms with van der Waals surface area (Å²) in [5.74, 6) is 0.258. The van der Waals surface area contributed by atoms with Gasteiger partial charge >= 0.3 is 0 Å². The zero-order valence-corrected chi connectivity index (χ0v) is 13.7. The van der Waals surface area contributed by atoms with Crippen LogP contribution in [0.5, 0.6) is 0 Å². The molecule has 1 atom stereocenters. The van der Waals surface area contributed by atoms with Crippen LogP contribution in [-0.4, -0.2) is 23.0 Å². The van der Waals surface area contributed by atoms with Crippen LogP contribution in [0.2, 0.25) is 0 Å². The fraction of sp³-hybridized carbons (Fsp3) is 0.647. The third kappa shape index (κ3) is 4.50. The van der Waals surface area contributed by atoms with Gasteiger partial charge in [-0.2, -0.15) is 0 Å². The van der Waals surface area contributed by atoms with Gasteiger partial charge in [0.25, 0.3) is 0 Å². The number of hydrogen-bond donors (Lipinski definition) is 2. The normalized spacial score (nSPS) is 17.5. The van der Waals surface area contributed by atoms with Crippen molar-refractivity contribution in [2.45, 2.75) is 58.0 Å².